The van der Waals surface area contributed by atoms with Gasteiger partial charge in [0.25, 0.3) is 5.91 Å². The second kappa shape index (κ2) is 6.47. The predicted octanol–water partition coefficient (Wildman–Crippen LogP) is 1.77. The lowest BCUT2D eigenvalue weighted by Gasteiger charge is -2.24. The lowest BCUT2D eigenvalue weighted by molar-refractivity contribution is -0.138. The van der Waals surface area contributed by atoms with Crippen LogP contribution in [0.4, 0.5) is 13.2 Å². The molecule has 1 aliphatic heterocycles. The number of hydrogen-bond donors (Lipinski definition) is 2. The molecule has 0 saturated heterocycles. The van der Waals surface area contributed by atoms with E-state index in [2.05, 4.69) is 15.4 Å². The van der Waals surface area contributed by atoms with Crippen molar-refractivity contribution in [1.82, 2.24) is 20.1 Å². The Morgan fingerprint density at radius 2 is 2.20 bits per heavy atom. The number of benzene rings is 1. The molecule has 9 heteroatoms. The van der Waals surface area contributed by atoms with Crippen molar-refractivity contribution in [2.24, 2.45) is 0 Å². The zero-order valence-corrected chi connectivity index (χ0v) is 13.4. The van der Waals surface area contributed by atoms with E-state index in [1.807, 2.05) is 0 Å². The van der Waals surface area contributed by atoms with Gasteiger partial charge >= 0.3 is 6.18 Å². The molecule has 0 fully saturated rings. The minimum Gasteiger partial charge on any atom is -0.378 e. The van der Waals surface area contributed by atoms with E-state index in [9.17, 15) is 23.1 Å². The number of nitrogens with zero attached hydrogens (tertiary/aromatic N) is 3. The Kier molecular flexibility index (Phi) is 4.51. The lowest BCUT2D eigenvalue weighted by Crippen LogP contribution is -2.43. The van der Waals surface area contributed by atoms with Crippen LogP contribution in [-0.2, 0) is 23.9 Å². The van der Waals surface area contributed by atoms with Gasteiger partial charge in [-0.2, -0.15) is 18.3 Å². The van der Waals surface area contributed by atoms with Crippen LogP contribution < -0.4 is 5.32 Å². The highest BCUT2D eigenvalue weighted by molar-refractivity contribution is 5.82. The van der Waals surface area contributed by atoms with Crippen LogP contribution in [0.15, 0.2) is 24.3 Å². The van der Waals surface area contributed by atoms with Gasteiger partial charge in [-0.25, -0.2) is 9.67 Å². The van der Waals surface area contributed by atoms with Gasteiger partial charge in [0.1, 0.15) is 11.6 Å². The lowest BCUT2D eigenvalue weighted by atomic mass is 10.0. The molecule has 2 unspecified atom stereocenters. The predicted molar refractivity (Wildman–Crippen MR) is 81.4 cm³/mol. The normalized spacial score (nSPS) is 18.5. The van der Waals surface area contributed by atoms with Gasteiger partial charge in [-0.15, -0.1) is 0 Å². The summed E-state index contributed by atoms with van der Waals surface area (Å²) in [6.07, 6.45) is -4.94. The second-order valence-corrected chi connectivity index (χ2v) is 6.03. The van der Waals surface area contributed by atoms with Gasteiger partial charge in [-0.1, -0.05) is 12.1 Å². The molecule has 2 atom stereocenters. The van der Waals surface area contributed by atoms with Gasteiger partial charge in [-0.05, 0) is 31.0 Å². The van der Waals surface area contributed by atoms with Gasteiger partial charge in [0.05, 0.1) is 12.1 Å². The summed E-state index contributed by atoms with van der Waals surface area (Å²) in [4.78, 5) is 16.5. The average molecular weight is 354 g/mol. The summed E-state index contributed by atoms with van der Waals surface area (Å²) in [5, 5.41) is 17.0. The Morgan fingerprint density at radius 3 is 2.92 bits per heavy atom. The molecule has 6 nitrogen and oxygen atoms in total. The Balaban J connectivity index is 1.67. The summed E-state index contributed by atoms with van der Waals surface area (Å²) in [7, 11) is 0. The monoisotopic (exact) mass is 354 g/mol. The first-order valence-corrected chi connectivity index (χ1v) is 7.80. The van der Waals surface area contributed by atoms with Crippen molar-refractivity contribution in [2.75, 3.05) is 0 Å². The van der Waals surface area contributed by atoms with Gasteiger partial charge in [0.2, 0.25) is 0 Å². The zero-order chi connectivity index (χ0) is 18.2. The molecule has 2 N–H and O–H groups in total. The van der Waals surface area contributed by atoms with Crippen molar-refractivity contribution in [3.05, 3.63) is 47.0 Å². The molecule has 3 rings (SSSR count). The van der Waals surface area contributed by atoms with Gasteiger partial charge < -0.3 is 10.4 Å². The van der Waals surface area contributed by atoms with E-state index < -0.39 is 23.8 Å². The summed E-state index contributed by atoms with van der Waals surface area (Å²) in [5.74, 6) is 0.747. The number of hydrogen-bond acceptors (Lipinski definition) is 4. The number of aryl methyl sites for hydroxylation is 2. The topological polar surface area (TPSA) is 80.0 Å². The summed E-state index contributed by atoms with van der Waals surface area (Å²) in [6, 6.07) is 3.87. The first-order chi connectivity index (χ1) is 11.7. The van der Waals surface area contributed by atoms with Crippen molar-refractivity contribution in [2.45, 2.75) is 44.6 Å². The first kappa shape index (κ1) is 17.4. The number of aliphatic hydroxyl groups excluding tert-OH is 1. The first-order valence-electron chi connectivity index (χ1n) is 7.80. The van der Waals surface area contributed by atoms with E-state index in [0.717, 1.165) is 18.0 Å². The van der Waals surface area contributed by atoms with Crippen LogP contribution in [0.25, 0.3) is 0 Å². The molecule has 134 valence electrons. The number of alkyl halides is 3. The van der Waals surface area contributed by atoms with Crippen molar-refractivity contribution in [3.63, 3.8) is 0 Å². The van der Waals surface area contributed by atoms with E-state index in [4.69, 9.17) is 0 Å². The highest BCUT2D eigenvalue weighted by Gasteiger charge is 2.32. The minimum absolute atomic E-state index is 0.0968. The number of carbonyl (C=O) groups is 1. The summed E-state index contributed by atoms with van der Waals surface area (Å²) >= 11 is 0. The number of fused-ring (bicyclic) bond motifs is 1. The van der Waals surface area contributed by atoms with Crippen LogP contribution in [-0.4, -0.2) is 31.8 Å². The Hall–Kier alpha value is -2.42. The van der Waals surface area contributed by atoms with Crippen LogP contribution in [0.5, 0.6) is 0 Å². The molecule has 1 amide bonds. The maximum Gasteiger partial charge on any atom is 0.416 e. The van der Waals surface area contributed by atoms with Crippen molar-refractivity contribution >= 4 is 5.91 Å². The van der Waals surface area contributed by atoms with Gasteiger partial charge in [0, 0.05) is 12.5 Å². The molecule has 25 heavy (non-hydrogen) atoms. The summed E-state index contributed by atoms with van der Waals surface area (Å²) in [6.45, 7) is 2.19. The number of halogens is 3. The third kappa shape index (κ3) is 3.81. The van der Waals surface area contributed by atoms with Gasteiger partial charge in [0.15, 0.2) is 6.10 Å². The summed E-state index contributed by atoms with van der Waals surface area (Å²) < 4.78 is 39.9. The fourth-order valence-electron chi connectivity index (χ4n) is 2.87. The van der Waals surface area contributed by atoms with Crippen LogP contribution in [0.1, 0.15) is 35.3 Å². The highest BCUT2D eigenvalue weighted by atomic mass is 19.4. The van der Waals surface area contributed by atoms with E-state index >= 15 is 0 Å². The maximum atomic E-state index is 12.8. The summed E-state index contributed by atoms with van der Waals surface area (Å²) in [5.41, 5.74) is -1.00. The van der Waals surface area contributed by atoms with Crippen molar-refractivity contribution < 1.29 is 23.1 Å². The molecular weight excluding hydrogens is 337 g/mol. The fourth-order valence-corrected chi connectivity index (χ4v) is 2.87. The van der Waals surface area contributed by atoms with Crippen LogP contribution >= 0.6 is 0 Å². The number of amides is 1. The standard InChI is InChI=1S/C16H17F3N4O2/c1-9-20-13-6-5-12(8-23(13)22-9)21-15(25)14(24)10-3-2-4-11(7-10)16(17,18)19/h2-4,7,12,14,24H,5-6,8H2,1H3,(H,21,25). The SMILES string of the molecule is Cc1nc2n(n1)CC(NC(=O)C(O)c1cccc(C(F)(F)F)c1)CC2. The number of rotatable bonds is 3. The van der Waals surface area contributed by atoms with E-state index in [-0.39, 0.29) is 11.6 Å². The van der Waals surface area contributed by atoms with Crippen molar-refractivity contribution in [1.29, 1.82) is 0 Å². The quantitative estimate of drug-likeness (QED) is 0.880. The smallest absolute Gasteiger partial charge is 0.378 e. The Bertz CT molecular complexity index is 788. The zero-order valence-electron chi connectivity index (χ0n) is 13.4. The highest BCUT2D eigenvalue weighted by Crippen LogP contribution is 2.30. The Labute approximate surface area is 141 Å². The number of carbonyl (C=O) groups excluding carboxylic acids is 1. The molecular formula is C16H17F3N4O2. The third-order valence-corrected chi connectivity index (χ3v) is 4.09. The van der Waals surface area contributed by atoms with Crippen LogP contribution in [0.3, 0.4) is 0 Å². The van der Waals surface area contributed by atoms with E-state index in [1.165, 1.54) is 12.1 Å². The molecule has 2 heterocycles. The Morgan fingerprint density at radius 1 is 1.44 bits per heavy atom. The molecule has 1 aliphatic rings. The van der Waals surface area contributed by atoms with Gasteiger partial charge in [-0.3, -0.25) is 4.79 Å². The molecule has 0 aliphatic carbocycles. The van der Waals surface area contributed by atoms with Crippen LogP contribution in [0.2, 0.25) is 0 Å². The molecule has 0 spiro atoms. The fraction of sp³-hybridized carbons (Fsp3) is 0.438. The molecule has 0 bridgehead atoms. The molecule has 1 aromatic heterocycles. The maximum absolute atomic E-state index is 12.8. The van der Waals surface area contributed by atoms with Crippen LogP contribution in [0, 0.1) is 6.92 Å². The largest absolute Gasteiger partial charge is 0.416 e. The number of aromatic nitrogens is 3. The minimum atomic E-state index is -4.53. The van der Waals surface area contributed by atoms with E-state index in [0.29, 0.717) is 25.2 Å². The van der Waals surface area contributed by atoms with E-state index in [1.54, 1.807) is 11.6 Å². The van der Waals surface area contributed by atoms with Crippen molar-refractivity contribution in [3.8, 4) is 0 Å². The molecule has 1 aromatic carbocycles. The average Bonchev–Trinajstić information content (AvgIpc) is 2.92. The molecule has 0 saturated carbocycles. The second-order valence-electron chi connectivity index (χ2n) is 6.03. The number of nitrogens with one attached hydrogen (secondary N) is 1. The third-order valence-electron chi connectivity index (χ3n) is 4.09. The molecule has 2 aromatic rings. The molecule has 0 radical (unpaired) electrons. The number of aliphatic hydroxyl groups is 1.